The molecule has 0 radical (unpaired) electrons. The lowest BCUT2D eigenvalue weighted by Gasteiger charge is -2.42. The smallest absolute Gasteiger partial charge is 0.225 e. The van der Waals surface area contributed by atoms with E-state index < -0.39 is 0 Å². The van der Waals surface area contributed by atoms with E-state index >= 15 is 0 Å². The minimum Gasteiger partial charge on any atom is -0.370 e. The van der Waals surface area contributed by atoms with Crippen molar-refractivity contribution in [1.82, 2.24) is 25.6 Å². The zero-order valence-electron chi connectivity index (χ0n) is 19.2. The molecule has 9 heteroatoms. The maximum atomic E-state index is 9.46. The largest absolute Gasteiger partial charge is 0.370 e. The molecule has 5 heterocycles. The van der Waals surface area contributed by atoms with Crippen molar-refractivity contribution in [2.45, 2.75) is 38.3 Å². The Morgan fingerprint density at radius 1 is 1.15 bits per heavy atom. The van der Waals surface area contributed by atoms with Crippen molar-refractivity contribution in [2.75, 3.05) is 42.5 Å². The molecule has 2 fully saturated rings. The highest BCUT2D eigenvalue weighted by atomic mass is 16.5. The molecule has 2 aromatic heterocycles. The summed E-state index contributed by atoms with van der Waals surface area (Å²) in [5, 5.41) is 17.5. The van der Waals surface area contributed by atoms with Gasteiger partial charge in [-0.3, -0.25) is 4.98 Å². The van der Waals surface area contributed by atoms with E-state index in [1.54, 1.807) is 6.20 Å². The summed E-state index contributed by atoms with van der Waals surface area (Å²) in [6.07, 6.45) is 3.90. The summed E-state index contributed by atoms with van der Waals surface area (Å²) in [5.74, 6) is 0.829. The normalized spacial score (nSPS) is 22.5. The summed E-state index contributed by atoms with van der Waals surface area (Å²) in [6.45, 7) is 8.03. The molecule has 34 heavy (non-hydrogen) atoms. The van der Waals surface area contributed by atoms with Gasteiger partial charge in [0.2, 0.25) is 5.95 Å². The number of pyridine rings is 1. The van der Waals surface area contributed by atoms with Crippen molar-refractivity contribution in [2.24, 2.45) is 0 Å². The van der Waals surface area contributed by atoms with Gasteiger partial charge in [-0.25, -0.2) is 9.97 Å². The zero-order chi connectivity index (χ0) is 23.1. The lowest BCUT2D eigenvalue weighted by atomic mass is 10.1. The molecule has 0 amide bonds. The number of fused-ring (bicyclic) bond motifs is 2. The molecule has 0 saturated carbocycles. The third kappa shape index (κ3) is 3.94. The quantitative estimate of drug-likeness (QED) is 0.592. The van der Waals surface area contributed by atoms with E-state index in [1.165, 1.54) is 5.56 Å². The van der Waals surface area contributed by atoms with Crippen molar-refractivity contribution in [1.29, 1.82) is 5.26 Å². The summed E-state index contributed by atoms with van der Waals surface area (Å²) in [4.78, 5) is 18.3. The van der Waals surface area contributed by atoms with Crippen molar-refractivity contribution in [3.05, 3.63) is 53.5 Å². The Bertz CT molecular complexity index is 1250. The van der Waals surface area contributed by atoms with Crippen molar-refractivity contribution < 1.29 is 4.74 Å². The number of rotatable bonds is 5. The summed E-state index contributed by atoms with van der Waals surface area (Å²) < 4.78 is 6.26. The molecule has 2 N–H and O–H groups in total. The number of hydrogen-bond acceptors (Lipinski definition) is 9. The second kappa shape index (κ2) is 8.80. The van der Waals surface area contributed by atoms with Crippen molar-refractivity contribution >= 4 is 22.5 Å². The van der Waals surface area contributed by atoms with Gasteiger partial charge in [0.05, 0.1) is 29.0 Å². The van der Waals surface area contributed by atoms with E-state index in [-0.39, 0.29) is 12.2 Å². The Hall–Kier alpha value is -3.32. The van der Waals surface area contributed by atoms with Crippen LogP contribution >= 0.6 is 0 Å². The first-order chi connectivity index (χ1) is 16.7. The first-order valence-electron chi connectivity index (χ1n) is 11.9. The summed E-state index contributed by atoms with van der Waals surface area (Å²) >= 11 is 0. The molecule has 9 nitrogen and oxygen atoms in total. The Morgan fingerprint density at radius 2 is 2.06 bits per heavy atom. The number of hydrogen-bond donors (Lipinski definition) is 2. The summed E-state index contributed by atoms with van der Waals surface area (Å²) in [7, 11) is 0. The van der Waals surface area contributed by atoms with Crippen LogP contribution < -0.4 is 20.4 Å². The number of ether oxygens (including phenoxy) is 1. The van der Waals surface area contributed by atoms with Crippen molar-refractivity contribution in [3.63, 3.8) is 0 Å². The van der Waals surface area contributed by atoms with E-state index in [9.17, 15) is 5.26 Å². The van der Waals surface area contributed by atoms with Crippen LogP contribution in [0.15, 0.2) is 36.7 Å². The van der Waals surface area contributed by atoms with Crippen LogP contribution in [0.25, 0.3) is 10.9 Å². The summed E-state index contributed by atoms with van der Waals surface area (Å²) in [6, 6.07) is 10.6. The number of nitrogens with one attached hydrogen (secondary N) is 2. The maximum absolute atomic E-state index is 9.46. The van der Waals surface area contributed by atoms with Gasteiger partial charge in [0.25, 0.3) is 0 Å². The molecule has 3 aliphatic heterocycles. The molecule has 1 aromatic carbocycles. The van der Waals surface area contributed by atoms with Crippen LogP contribution in [0.2, 0.25) is 0 Å². The second-order valence-electron chi connectivity index (χ2n) is 9.37. The number of benzene rings is 1. The lowest BCUT2D eigenvalue weighted by molar-refractivity contribution is -0.0161. The van der Waals surface area contributed by atoms with Gasteiger partial charge in [-0.1, -0.05) is 0 Å². The van der Waals surface area contributed by atoms with Gasteiger partial charge >= 0.3 is 0 Å². The van der Waals surface area contributed by atoms with E-state index in [4.69, 9.17) is 9.72 Å². The molecule has 3 aromatic rings. The fourth-order valence-corrected chi connectivity index (χ4v) is 5.15. The van der Waals surface area contributed by atoms with Crippen LogP contribution in [0.5, 0.6) is 0 Å². The Balaban J connectivity index is 1.08. The second-order valence-corrected chi connectivity index (χ2v) is 9.37. The molecular weight excluding hydrogens is 428 g/mol. The standard InChI is InChI=1S/C25H28N8O/c1-16-12-32(23-5-4-17(7-26)24-21(23)3-2-6-28-24)15-20(34-16)10-29-19-13-33(14-19)25-30-9-18-8-27-11-22(18)31-25/h2-6,9,16,19-20,27,29H,8,10-15H2,1H3/t16-,20+/m1/s1. The fourth-order valence-electron chi connectivity index (χ4n) is 5.15. The third-order valence-electron chi connectivity index (χ3n) is 6.88. The van der Waals surface area contributed by atoms with Crippen LogP contribution in [0.4, 0.5) is 11.6 Å². The monoisotopic (exact) mass is 456 g/mol. The molecule has 0 unspecified atom stereocenters. The van der Waals surface area contributed by atoms with Gasteiger partial charge in [-0.05, 0) is 31.2 Å². The fraction of sp³-hybridized carbons (Fsp3) is 0.440. The third-order valence-corrected chi connectivity index (χ3v) is 6.88. The van der Waals surface area contributed by atoms with Crippen LogP contribution in [-0.2, 0) is 17.8 Å². The highest BCUT2D eigenvalue weighted by Crippen LogP contribution is 2.30. The summed E-state index contributed by atoms with van der Waals surface area (Å²) in [5.41, 5.74) is 4.81. The first-order valence-corrected chi connectivity index (χ1v) is 11.9. The highest BCUT2D eigenvalue weighted by Gasteiger charge is 2.32. The van der Waals surface area contributed by atoms with Gasteiger partial charge in [0.1, 0.15) is 6.07 Å². The number of morpholine rings is 1. The average molecular weight is 457 g/mol. The molecule has 3 aliphatic rings. The minimum atomic E-state index is 0.0856. The van der Waals surface area contributed by atoms with Gasteiger partial charge in [0.15, 0.2) is 0 Å². The van der Waals surface area contributed by atoms with Crippen LogP contribution in [0.1, 0.15) is 23.7 Å². The maximum Gasteiger partial charge on any atom is 0.225 e. The number of nitriles is 1. The molecule has 174 valence electrons. The van der Waals surface area contributed by atoms with Crippen LogP contribution in [0.3, 0.4) is 0 Å². The number of nitrogens with zero attached hydrogens (tertiary/aromatic N) is 6. The van der Waals surface area contributed by atoms with Crippen LogP contribution in [0, 0.1) is 11.3 Å². The topological polar surface area (TPSA) is 102 Å². The van der Waals surface area contributed by atoms with Gasteiger partial charge in [-0.2, -0.15) is 5.26 Å². The van der Waals surface area contributed by atoms with Crippen LogP contribution in [-0.4, -0.2) is 65.9 Å². The zero-order valence-corrected chi connectivity index (χ0v) is 19.2. The predicted octanol–water partition coefficient (Wildman–Crippen LogP) is 1.57. The van der Waals surface area contributed by atoms with E-state index in [0.29, 0.717) is 11.6 Å². The minimum absolute atomic E-state index is 0.0856. The highest BCUT2D eigenvalue weighted by molar-refractivity contribution is 5.95. The Labute approximate surface area is 198 Å². The van der Waals surface area contributed by atoms with E-state index in [1.807, 2.05) is 30.5 Å². The van der Waals surface area contributed by atoms with Gasteiger partial charge < -0.3 is 25.2 Å². The molecular formula is C25H28N8O. The van der Waals surface area contributed by atoms with E-state index in [2.05, 4.69) is 43.4 Å². The predicted molar refractivity (Wildman–Crippen MR) is 130 cm³/mol. The SMILES string of the molecule is C[C@@H]1CN(c2ccc(C#N)c3ncccc23)C[C@H](CNC2CN(c3ncc4c(n3)CNC4)C2)O1. The average Bonchev–Trinajstić information content (AvgIpc) is 3.30. The molecule has 0 spiro atoms. The van der Waals surface area contributed by atoms with Gasteiger partial charge in [-0.15, -0.1) is 0 Å². The van der Waals surface area contributed by atoms with Gasteiger partial charge in [0, 0.05) is 80.9 Å². The molecule has 6 rings (SSSR count). The lowest BCUT2D eigenvalue weighted by Crippen LogP contribution is -2.61. The molecule has 0 aliphatic carbocycles. The first kappa shape index (κ1) is 21.2. The number of anilines is 2. The Morgan fingerprint density at radius 3 is 2.94 bits per heavy atom. The molecule has 0 bridgehead atoms. The number of aromatic nitrogens is 3. The van der Waals surface area contributed by atoms with E-state index in [0.717, 1.165) is 74.0 Å². The molecule has 2 atom stereocenters. The van der Waals surface area contributed by atoms with Crippen molar-refractivity contribution in [3.8, 4) is 6.07 Å². The molecule has 2 saturated heterocycles. The Kier molecular flexibility index (Phi) is 5.49.